The quantitative estimate of drug-likeness (QED) is 0.647. The first-order valence-corrected chi connectivity index (χ1v) is 8.23. The molecule has 0 aromatic heterocycles. The average Bonchev–Trinajstić information content (AvgIpc) is 2.55. The third-order valence-electron chi connectivity index (χ3n) is 4.22. The van der Waals surface area contributed by atoms with Crippen LogP contribution in [0.25, 0.3) is 0 Å². The first-order valence-electron chi connectivity index (χ1n) is 8.23. The van der Waals surface area contributed by atoms with Crippen molar-refractivity contribution in [2.24, 2.45) is 11.0 Å². The molecule has 23 heavy (non-hydrogen) atoms. The SMILES string of the molecule is Cc1ccc(C=NNC(=O)CNC(=O)C2CCCCC2)c(C)c1. The van der Waals surface area contributed by atoms with Gasteiger partial charge in [-0.05, 0) is 37.8 Å². The minimum atomic E-state index is -0.310. The molecule has 2 rings (SSSR count). The summed E-state index contributed by atoms with van der Waals surface area (Å²) in [4.78, 5) is 23.7. The van der Waals surface area contributed by atoms with Gasteiger partial charge in [0.05, 0.1) is 12.8 Å². The highest BCUT2D eigenvalue weighted by Gasteiger charge is 2.21. The van der Waals surface area contributed by atoms with Crippen LogP contribution in [0.5, 0.6) is 0 Å². The largest absolute Gasteiger partial charge is 0.347 e. The molecule has 0 bridgehead atoms. The lowest BCUT2D eigenvalue weighted by atomic mass is 9.89. The Labute approximate surface area is 137 Å². The number of carbonyl (C=O) groups is 2. The maximum Gasteiger partial charge on any atom is 0.259 e. The van der Waals surface area contributed by atoms with Crippen LogP contribution in [-0.4, -0.2) is 24.6 Å². The van der Waals surface area contributed by atoms with Crippen LogP contribution < -0.4 is 10.7 Å². The van der Waals surface area contributed by atoms with E-state index in [1.54, 1.807) is 6.21 Å². The number of nitrogens with zero attached hydrogens (tertiary/aromatic N) is 1. The second-order valence-corrected chi connectivity index (χ2v) is 6.21. The van der Waals surface area contributed by atoms with E-state index >= 15 is 0 Å². The second kappa shape index (κ2) is 8.46. The van der Waals surface area contributed by atoms with Gasteiger partial charge in [-0.2, -0.15) is 5.10 Å². The highest BCUT2D eigenvalue weighted by molar-refractivity contribution is 5.87. The molecule has 1 saturated carbocycles. The number of hydrazone groups is 1. The fourth-order valence-electron chi connectivity index (χ4n) is 2.86. The van der Waals surface area contributed by atoms with E-state index in [-0.39, 0.29) is 24.3 Å². The number of hydrogen-bond acceptors (Lipinski definition) is 3. The number of carbonyl (C=O) groups excluding carboxylic acids is 2. The maximum atomic E-state index is 11.9. The average molecular weight is 315 g/mol. The third kappa shape index (κ3) is 5.51. The van der Waals surface area contributed by atoms with Gasteiger partial charge in [0.1, 0.15) is 0 Å². The molecule has 1 aromatic carbocycles. The topological polar surface area (TPSA) is 70.6 Å². The Morgan fingerprint density at radius 2 is 1.96 bits per heavy atom. The predicted octanol–water partition coefficient (Wildman–Crippen LogP) is 2.45. The zero-order chi connectivity index (χ0) is 16.7. The van der Waals surface area contributed by atoms with Crippen LogP contribution in [0.2, 0.25) is 0 Å². The molecule has 1 aliphatic rings. The Hall–Kier alpha value is -2.17. The number of rotatable bonds is 5. The van der Waals surface area contributed by atoms with E-state index in [1.165, 1.54) is 12.0 Å². The van der Waals surface area contributed by atoms with Crippen molar-refractivity contribution in [3.8, 4) is 0 Å². The molecule has 5 nitrogen and oxygen atoms in total. The molecule has 5 heteroatoms. The number of benzene rings is 1. The number of aryl methyl sites for hydroxylation is 2. The number of nitrogens with one attached hydrogen (secondary N) is 2. The van der Waals surface area contributed by atoms with Gasteiger partial charge >= 0.3 is 0 Å². The van der Waals surface area contributed by atoms with Crippen LogP contribution in [0.3, 0.4) is 0 Å². The van der Waals surface area contributed by atoms with Crippen LogP contribution in [0.1, 0.15) is 48.8 Å². The molecule has 0 spiro atoms. The number of hydrogen-bond donors (Lipinski definition) is 2. The van der Waals surface area contributed by atoms with E-state index in [0.717, 1.165) is 36.8 Å². The minimum absolute atomic E-state index is 0.0155. The molecule has 1 fully saturated rings. The molecule has 0 heterocycles. The standard InChI is InChI=1S/C18H25N3O2/c1-13-8-9-16(14(2)10-13)11-20-21-17(22)12-19-18(23)15-6-4-3-5-7-15/h8-11,15H,3-7,12H2,1-2H3,(H,19,23)(H,21,22). The first-order chi connectivity index (χ1) is 11.1. The highest BCUT2D eigenvalue weighted by Crippen LogP contribution is 2.23. The summed E-state index contributed by atoms with van der Waals surface area (Å²) in [6, 6.07) is 6.03. The zero-order valence-corrected chi connectivity index (χ0v) is 13.9. The molecular weight excluding hydrogens is 290 g/mol. The summed E-state index contributed by atoms with van der Waals surface area (Å²) in [5.74, 6) is -0.261. The molecule has 2 amide bonds. The van der Waals surface area contributed by atoms with Crippen molar-refractivity contribution in [3.63, 3.8) is 0 Å². The summed E-state index contributed by atoms with van der Waals surface area (Å²) in [5.41, 5.74) is 5.70. The Bertz CT molecular complexity index is 590. The van der Waals surface area contributed by atoms with Crippen molar-refractivity contribution >= 4 is 18.0 Å². The van der Waals surface area contributed by atoms with Crippen molar-refractivity contribution in [3.05, 3.63) is 34.9 Å². The maximum absolute atomic E-state index is 11.9. The predicted molar refractivity (Wildman–Crippen MR) is 91.2 cm³/mol. The summed E-state index contributed by atoms with van der Waals surface area (Å²) >= 11 is 0. The van der Waals surface area contributed by atoms with Crippen molar-refractivity contribution in [1.29, 1.82) is 0 Å². The van der Waals surface area contributed by atoms with Gasteiger partial charge in [-0.15, -0.1) is 0 Å². The zero-order valence-electron chi connectivity index (χ0n) is 13.9. The number of amides is 2. The lowest BCUT2D eigenvalue weighted by molar-refractivity contribution is -0.129. The van der Waals surface area contributed by atoms with Crippen LogP contribution in [0.4, 0.5) is 0 Å². The van der Waals surface area contributed by atoms with E-state index in [4.69, 9.17) is 0 Å². The summed E-state index contributed by atoms with van der Waals surface area (Å²) < 4.78 is 0. The fraction of sp³-hybridized carbons (Fsp3) is 0.500. The Balaban J connectivity index is 1.74. The van der Waals surface area contributed by atoms with Gasteiger partial charge in [0, 0.05) is 5.92 Å². The lowest BCUT2D eigenvalue weighted by Gasteiger charge is -2.20. The minimum Gasteiger partial charge on any atom is -0.347 e. The third-order valence-corrected chi connectivity index (χ3v) is 4.22. The van der Waals surface area contributed by atoms with Gasteiger partial charge in [0.2, 0.25) is 5.91 Å². The molecule has 0 radical (unpaired) electrons. The fourth-order valence-corrected chi connectivity index (χ4v) is 2.86. The molecule has 124 valence electrons. The molecule has 1 aliphatic carbocycles. The Kier molecular flexibility index (Phi) is 6.32. The molecule has 0 unspecified atom stereocenters. The van der Waals surface area contributed by atoms with E-state index in [9.17, 15) is 9.59 Å². The van der Waals surface area contributed by atoms with Gasteiger partial charge in [0.15, 0.2) is 0 Å². The van der Waals surface area contributed by atoms with E-state index in [0.29, 0.717) is 0 Å². The second-order valence-electron chi connectivity index (χ2n) is 6.21. The van der Waals surface area contributed by atoms with Gasteiger partial charge in [0.25, 0.3) is 5.91 Å². The first kappa shape index (κ1) is 17.2. The monoisotopic (exact) mass is 315 g/mol. The van der Waals surface area contributed by atoms with Crippen molar-refractivity contribution in [2.75, 3.05) is 6.54 Å². The van der Waals surface area contributed by atoms with Crippen LogP contribution in [0.15, 0.2) is 23.3 Å². The van der Waals surface area contributed by atoms with Gasteiger partial charge in [-0.3, -0.25) is 9.59 Å². The van der Waals surface area contributed by atoms with Crippen LogP contribution >= 0.6 is 0 Å². The van der Waals surface area contributed by atoms with Crippen LogP contribution in [0, 0.1) is 19.8 Å². The summed E-state index contributed by atoms with van der Waals surface area (Å²) in [5, 5.41) is 6.64. The van der Waals surface area contributed by atoms with E-state index in [1.807, 2.05) is 26.0 Å². The normalized spacial score (nSPS) is 15.6. The molecule has 2 N–H and O–H groups in total. The summed E-state index contributed by atoms with van der Waals surface area (Å²) in [7, 11) is 0. The van der Waals surface area contributed by atoms with Crippen molar-refractivity contribution < 1.29 is 9.59 Å². The Morgan fingerprint density at radius 3 is 2.65 bits per heavy atom. The van der Waals surface area contributed by atoms with Gasteiger partial charge < -0.3 is 5.32 Å². The van der Waals surface area contributed by atoms with E-state index < -0.39 is 0 Å². The van der Waals surface area contributed by atoms with Gasteiger partial charge in [-0.1, -0.05) is 43.0 Å². The smallest absolute Gasteiger partial charge is 0.259 e. The molecule has 0 aliphatic heterocycles. The summed E-state index contributed by atoms with van der Waals surface area (Å²) in [6.45, 7) is 4.00. The molecule has 0 saturated heterocycles. The Morgan fingerprint density at radius 1 is 1.22 bits per heavy atom. The highest BCUT2D eigenvalue weighted by atomic mass is 16.2. The molecule has 1 aromatic rings. The van der Waals surface area contributed by atoms with Crippen molar-refractivity contribution in [2.45, 2.75) is 46.0 Å². The van der Waals surface area contributed by atoms with E-state index in [2.05, 4.69) is 21.9 Å². The van der Waals surface area contributed by atoms with Crippen molar-refractivity contribution in [1.82, 2.24) is 10.7 Å². The van der Waals surface area contributed by atoms with Crippen LogP contribution in [-0.2, 0) is 9.59 Å². The summed E-state index contributed by atoms with van der Waals surface area (Å²) in [6.07, 6.45) is 6.89. The molecule has 0 atom stereocenters. The molecular formula is C18H25N3O2. The lowest BCUT2D eigenvalue weighted by Crippen LogP contribution is -2.38. The van der Waals surface area contributed by atoms with Gasteiger partial charge in [-0.25, -0.2) is 5.43 Å².